The molecule has 0 unspecified atom stereocenters. The highest BCUT2D eigenvalue weighted by atomic mass is 16.5. The second-order valence-electron chi connectivity index (χ2n) is 7.53. The van der Waals surface area contributed by atoms with Crippen molar-refractivity contribution in [2.45, 2.75) is 26.4 Å². The number of carbonyl (C=O) groups is 1. The fraction of sp³-hybridized carbons (Fsp3) is 0.240. The number of carbonyl (C=O) groups excluding carboxylic acids is 1. The van der Waals surface area contributed by atoms with Crippen molar-refractivity contribution in [2.75, 3.05) is 14.2 Å². The Morgan fingerprint density at radius 2 is 1.64 bits per heavy atom. The lowest BCUT2D eigenvalue weighted by Gasteiger charge is -2.26. The fourth-order valence-electron chi connectivity index (χ4n) is 3.62. The molecule has 0 saturated carbocycles. The van der Waals surface area contributed by atoms with Crippen LogP contribution in [0.4, 0.5) is 0 Å². The van der Waals surface area contributed by atoms with Gasteiger partial charge in [-0.05, 0) is 44.2 Å². The smallest absolute Gasteiger partial charge is 0.338 e. The van der Waals surface area contributed by atoms with Gasteiger partial charge in [0.2, 0.25) is 0 Å². The van der Waals surface area contributed by atoms with E-state index in [2.05, 4.69) is 10.3 Å². The molecule has 33 heavy (non-hydrogen) atoms. The number of oxime groups is 2. The number of rotatable bonds is 7. The van der Waals surface area contributed by atoms with Gasteiger partial charge in [0, 0.05) is 12.0 Å². The number of fused-ring (bicyclic) bond motifs is 1. The average molecular weight is 450 g/mol. The van der Waals surface area contributed by atoms with Gasteiger partial charge in [0.15, 0.2) is 0 Å². The van der Waals surface area contributed by atoms with Gasteiger partial charge < -0.3 is 24.6 Å². The molecule has 0 amide bonds. The summed E-state index contributed by atoms with van der Waals surface area (Å²) in [7, 11) is 2.93. The van der Waals surface area contributed by atoms with E-state index in [0.29, 0.717) is 40.2 Å². The Morgan fingerprint density at radius 1 is 1.00 bits per heavy atom. The number of nitrogens with zero attached hydrogens (tertiary/aromatic N) is 2. The Bertz CT molecular complexity index is 1150. The summed E-state index contributed by atoms with van der Waals surface area (Å²) in [5.74, 6) is 0.171. The van der Waals surface area contributed by atoms with Crippen molar-refractivity contribution >= 4 is 17.4 Å². The number of hydrogen-bond donors (Lipinski definition) is 2. The molecule has 2 aromatic rings. The van der Waals surface area contributed by atoms with E-state index in [9.17, 15) is 15.2 Å². The lowest BCUT2D eigenvalue weighted by Crippen LogP contribution is -2.20. The number of benzene rings is 2. The molecule has 0 aliphatic heterocycles. The first-order valence-corrected chi connectivity index (χ1v) is 10.3. The zero-order valence-electron chi connectivity index (χ0n) is 18.9. The monoisotopic (exact) mass is 450 g/mol. The Hall–Kier alpha value is -4.07. The third-order valence-electron chi connectivity index (χ3n) is 5.17. The number of allylic oxidation sites excluding steroid dienone is 3. The van der Waals surface area contributed by atoms with Gasteiger partial charge in [-0.15, -0.1) is 0 Å². The molecule has 0 spiro atoms. The molecule has 172 valence electrons. The normalized spacial score (nSPS) is 15.6. The van der Waals surface area contributed by atoms with E-state index < -0.39 is 12.1 Å². The van der Waals surface area contributed by atoms with Crippen LogP contribution in [0.5, 0.6) is 11.5 Å². The van der Waals surface area contributed by atoms with Crippen molar-refractivity contribution in [2.24, 2.45) is 10.3 Å². The van der Waals surface area contributed by atoms with Gasteiger partial charge in [0.05, 0.1) is 30.9 Å². The maximum absolute atomic E-state index is 12.9. The maximum Gasteiger partial charge on any atom is 0.338 e. The zero-order valence-corrected chi connectivity index (χ0v) is 18.9. The summed E-state index contributed by atoms with van der Waals surface area (Å²) in [6.07, 6.45) is 4.58. The van der Waals surface area contributed by atoms with Crippen LogP contribution in [0.25, 0.3) is 0 Å². The van der Waals surface area contributed by atoms with Crippen LogP contribution in [-0.4, -0.2) is 42.0 Å². The molecule has 8 nitrogen and oxygen atoms in total. The van der Waals surface area contributed by atoms with Crippen molar-refractivity contribution in [3.63, 3.8) is 0 Å². The zero-order chi connectivity index (χ0) is 24.0. The predicted octanol–water partition coefficient (Wildman–Crippen LogP) is 4.88. The molecule has 8 heteroatoms. The van der Waals surface area contributed by atoms with E-state index in [4.69, 9.17) is 14.2 Å². The fourth-order valence-corrected chi connectivity index (χ4v) is 3.62. The van der Waals surface area contributed by atoms with Crippen LogP contribution < -0.4 is 9.47 Å². The third kappa shape index (κ3) is 4.90. The summed E-state index contributed by atoms with van der Waals surface area (Å²) in [4.78, 5) is 12.9. The topological polar surface area (TPSA) is 110 Å². The summed E-state index contributed by atoms with van der Waals surface area (Å²) in [5, 5.41) is 25.8. The molecule has 0 aromatic heterocycles. The number of esters is 1. The molecule has 0 fully saturated rings. The molecule has 0 saturated heterocycles. The molecule has 1 aliphatic carbocycles. The summed E-state index contributed by atoms with van der Waals surface area (Å²) in [6.45, 7) is 3.90. The molecule has 2 N–H and O–H groups in total. The van der Waals surface area contributed by atoms with Crippen molar-refractivity contribution in [3.05, 3.63) is 82.5 Å². The van der Waals surface area contributed by atoms with Gasteiger partial charge >= 0.3 is 5.97 Å². The lowest BCUT2D eigenvalue weighted by atomic mass is 9.88. The van der Waals surface area contributed by atoms with E-state index in [1.165, 1.54) is 26.4 Å². The number of hydrogen-bond acceptors (Lipinski definition) is 8. The first-order chi connectivity index (χ1) is 15.9. The highest BCUT2D eigenvalue weighted by Crippen LogP contribution is 2.42. The molecular weight excluding hydrogens is 424 g/mol. The Labute approximate surface area is 192 Å². The van der Waals surface area contributed by atoms with Gasteiger partial charge in [-0.2, -0.15) is 0 Å². The Morgan fingerprint density at radius 3 is 2.18 bits per heavy atom. The van der Waals surface area contributed by atoms with Crippen molar-refractivity contribution < 1.29 is 29.4 Å². The summed E-state index contributed by atoms with van der Waals surface area (Å²) in [5.41, 5.74) is 3.14. The highest BCUT2D eigenvalue weighted by molar-refractivity contribution is 6.27. The van der Waals surface area contributed by atoms with Crippen LogP contribution in [0.15, 0.2) is 70.5 Å². The molecule has 3 rings (SSSR count). The van der Waals surface area contributed by atoms with Gasteiger partial charge in [-0.1, -0.05) is 40.2 Å². The van der Waals surface area contributed by atoms with Crippen LogP contribution in [0.3, 0.4) is 0 Å². The summed E-state index contributed by atoms with van der Waals surface area (Å²) < 4.78 is 17.2. The van der Waals surface area contributed by atoms with Gasteiger partial charge in [-0.25, -0.2) is 4.79 Å². The largest absolute Gasteiger partial charge is 0.496 e. The second kappa shape index (κ2) is 10.5. The van der Waals surface area contributed by atoms with Crippen LogP contribution in [-0.2, 0) is 4.74 Å². The average Bonchev–Trinajstić information content (AvgIpc) is 2.84. The van der Waals surface area contributed by atoms with Gasteiger partial charge in [0.1, 0.15) is 29.0 Å². The molecule has 0 radical (unpaired) electrons. The first-order valence-electron chi connectivity index (χ1n) is 10.3. The minimum atomic E-state index is -0.734. The Kier molecular flexibility index (Phi) is 7.50. The van der Waals surface area contributed by atoms with E-state index in [0.717, 1.165) is 5.57 Å². The standard InChI is InChI=1S/C25H26N2O6/c1-15(2)10-13-20(33-25(28)16-8-6-5-7-9-16)17-14-21(31-3)22-18(26-29)11-12-19(27-30)23(22)24(17)32-4/h5-12,14,20,29-30H,13H2,1-4H3/b26-18+,27-19+/t20-/m1/s1. The third-order valence-corrected chi connectivity index (χ3v) is 5.17. The second-order valence-corrected chi connectivity index (χ2v) is 7.53. The summed E-state index contributed by atoms with van der Waals surface area (Å²) in [6, 6.07) is 10.4. The molecule has 0 bridgehead atoms. The molecule has 1 aliphatic rings. The number of ether oxygens (including phenoxy) is 3. The van der Waals surface area contributed by atoms with E-state index in [-0.39, 0.29) is 11.4 Å². The highest BCUT2D eigenvalue weighted by Gasteiger charge is 2.32. The van der Waals surface area contributed by atoms with Crippen LogP contribution in [0, 0.1) is 0 Å². The minimum absolute atomic E-state index is 0.185. The summed E-state index contributed by atoms with van der Waals surface area (Å²) >= 11 is 0. The SMILES string of the molecule is COc1cc([C@@H](CC=C(C)C)OC(=O)c2ccccc2)c(OC)c2c1/C(=N/O)C=C/C2=N\O. The van der Waals surface area contributed by atoms with Gasteiger partial charge in [-0.3, -0.25) is 0 Å². The van der Waals surface area contributed by atoms with Gasteiger partial charge in [0.25, 0.3) is 0 Å². The number of methoxy groups -OCH3 is 2. The van der Waals surface area contributed by atoms with Crippen LogP contribution >= 0.6 is 0 Å². The van der Waals surface area contributed by atoms with Crippen molar-refractivity contribution in [1.29, 1.82) is 0 Å². The van der Waals surface area contributed by atoms with E-state index in [1.54, 1.807) is 30.3 Å². The molecule has 2 aromatic carbocycles. The minimum Gasteiger partial charge on any atom is -0.496 e. The quantitative estimate of drug-likeness (QED) is 0.269. The van der Waals surface area contributed by atoms with E-state index >= 15 is 0 Å². The maximum atomic E-state index is 12.9. The molecule has 1 atom stereocenters. The van der Waals surface area contributed by atoms with Crippen molar-refractivity contribution in [3.8, 4) is 11.5 Å². The van der Waals surface area contributed by atoms with Crippen LogP contribution in [0.1, 0.15) is 53.4 Å². The lowest BCUT2D eigenvalue weighted by molar-refractivity contribution is 0.0297. The predicted molar refractivity (Wildman–Crippen MR) is 124 cm³/mol. The van der Waals surface area contributed by atoms with Crippen molar-refractivity contribution in [1.82, 2.24) is 0 Å². The van der Waals surface area contributed by atoms with Crippen LogP contribution in [0.2, 0.25) is 0 Å². The first kappa shape index (κ1) is 23.6. The Balaban J connectivity index is 2.21. The molecule has 0 heterocycles. The molecular formula is C25H26N2O6. The van der Waals surface area contributed by atoms with E-state index in [1.807, 2.05) is 26.0 Å².